The van der Waals surface area contributed by atoms with Crippen LogP contribution in [0.1, 0.15) is 108 Å². The van der Waals surface area contributed by atoms with Gasteiger partial charge in [0.1, 0.15) is 17.2 Å². The van der Waals surface area contributed by atoms with Crippen LogP contribution in [0.3, 0.4) is 0 Å². The Hall–Kier alpha value is -2.82. The molecule has 0 heterocycles. The van der Waals surface area contributed by atoms with Gasteiger partial charge < -0.3 is 14.2 Å². The second kappa shape index (κ2) is 17.6. The van der Waals surface area contributed by atoms with Crippen molar-refractivity contribution in [3.05, 3.63) is 54.1 Å². The third-order valence-electron chi connectivity index (χ3n) is 5.86. The first-order valence-electron chi connectivity index (χ1n) is 13.4. The molecular formula is C30H42O5. The van der Waals surface area contributed by atoms with Crippen LogP contribution in [0.15, 0.2) is 48.5 Å². The molecule has 0 bridgehead atoms. The zero-order valence-corrected chi connectivity index (χ0v) is 21.6. The van der Waals surface area contributed by atoms with Crippen LogP contribution in [-0.2, 0) is 4.79 Å². The number of hydrogen-bond donors (Lipinski definition) is 0. The maximum atomic E-state index is 12.4. The Morgan fingerprint density at radius 3 is 1.66 bits per heavy atom. The molecule has 2 rings (SSSR count). The van der Waals surface area contributed by atoms with Gasteiger partial charge >= 0.3 is 11.9 Å². The van der Waals surface area contributed by atoms with Crippen molar-refractivity contribution < 1.29 is 23.8 Å². The summed E-state index contributed by atoms with van der Waals surface area (Å²) in [7, 11) is 0. The second-order valence-corrected chi connectivity index (χ2v) is 8.99. The third-order valence-corrected chi connectivity index (χ3v) is 5.86. The molecule has 0 atom stereocenters. The Bertz CT molecular complexity index is 842. The van der Waals surface area contributed by atoms with Gasteiger partial charge in [0, 0.05) is 6.42 Å². The molecule has 0 unspecified atom stereocenters. The van der Waals surface area contributed by atoms with Crippen LogP contribution < -0.4 is 14.2 Å². The van der Waals surface area contributed by atoms with Gasteiger partial charge in [-0.25, -0.2) is 4.79 Å². The van der Waals surface area contributed by atoms with Crippen molar-refractivity contribution in [2.24, 2.45) is 0 Å². The minimum atomic E-state index is -0.444. The van der Waals surface area contributed by atoms with Gasteiger partial charge in [0.2, 0.25) is 0 Å². The highest BCUT2D eigenvalue weighted by Crippen LogP contribution is 2.20. The van der Waals surface area contributed by atoms with E-state index in [0.29, 0.717) is 30.1 Å². The summed E-state index contributed by atoms with van der Waals surface area (Å²) in [5.41, 5.74) is 0.451. The standard InChI is InChI=1S/C30H42O5/c1-3-5-7-9-10-11-12-14-24-33-26-18-16-25(17-19-26)30(32)35-28-22-20-27(21-23-28)34-29(31)15-13-8-6-4-2/h16-23H,3-15,24H2,1-2H3. The number of carbonyl (C=O) groups excluding carboxylic acids is 2. The van der Waals surface area contributed by atoms with Crippen molar-refractivity contribution in [1.29, 1.82) is 0 Å². The van der Waals surface area contributed by atoms with Crippen LogP contribution in [0.2, 0.25) is 0 Å². The van der Waals surface area contributed by atoms with Crippen molar-refractivity contribution in [3.63, 3.8) is 0 Å². The van der Waals surface area contributed by atoms with E-state index in [4.69, 9.17) is 14.2 Å². The summed E-state index contributed by atoms with van der Waals surface area (Å²) in [6.07, 6.45) is 14.7. The van der Waals surface area contributed by atoms with Crippen LogP contribution in [0, 0.1) is 0 Å². The minimum Gasteiger partial charge on any atom is -0.494 e. The maximum Gasteiger partial charge on any atom is 0.343 e. The zero-order valence-electron chi connectivity index (χ0n) is 21.6. The lowest BCUT2D eigenvalue weighted by Gasteiger charge is -2.08. The van der Waals surface area contributed by atoms with Gasteiger partial charge in [0.25, 0.3) is 0 Å². The Kier molecular flexibility index (Phi) is 14.3. The average molecular weight is 483 g/mol. The molecule has 0 aromatic heterocycles. The molecule has 2 aromatic rings. The normalized spacial score (nSPS) is 10.7. The van der Waals surface area contributed by atoms with Crippen LogP contribution in [0.4, 0.5) is 0 Å². The van der Waals surface area contributed by atoms with E-state index in [2.05, 4.69) is 13.8 Å². The smallest absolute Gasteiger partial charge is 0.343 e. The summed E-state index contributed by atoms with van der Waals surface area (Å²) in [4.78, 5) is 24.3. The molecule has 0 aliphatic carbocycles. The summed E-state index contributed by atoms with van der Waals surface area (Å²) in [6, 6.07) is 13.5. The van der Waals surface area contributed by atoms with E-state index in [9.17, 15) is 9.59 Å². The Balaban J connectivity index is 1.66. The molecule has 5 heteroatoms. The highest BCUT2D eigenvalue weighted by Gasteiger charge is 2.10. The predicted molar refractivity (Wildman–Crippen MR) is 140 cm³/mol. The monoisotopic (exact) mass is 482 g/mol. The molecule has 0 aliphatic rings. The van der Waals surface area contributed by atoms with Gasteiger partial charge in [-0.1, -0.05) is 78.1 Å². The van der Waals surface area contributed by atoms with E-state index in [1.807, 2.05) is 0 Å². The van der Waals surface area contributed by atoms with Gasteiger partial charge in [-0.3, -0.25) is 4.79 Å². The number of rotatable bonds is 18. The second-order valence-electron chi connectivity index (χ2n) is 8.99. The summed E-state index contributed by atoms with van der Waals surface area (Å²) in [5, 5.41) is 0. The van der Waals surface area contributed by atoms with Gasteiger partial charge in [-0.05, 0) is 61.4 Å². The van der Waals surface area contributed by atoms with Crippen molar-refractivity contribution in [2.45, 2.75) is 97.3 Å². The molecule has 2 aromatic carbocycles. The summed E-state index contributed by atoms with van der Waals surface area (Å²) in [5.74, 6) is 0.914. The van der Waals surface area contributed by atoms with E-state index >= 15 is 0 Å². The van der Waals surface area contributed by atoms with Crippen molar-refractivity contribution in [3.8, 4) is 17.2 Å². The minimum absolute atomic E-state index is 0.240. The Morgan fingerprint density at radius 1 is 0.571 bits per heavy atom. The number of esters is 2. The highest BCUT2D eigenvalue weighted by molar-refractivity contribution is 5.91. The quantitative estimate of drug-likeness (QED) is 0.121. The third kappa shape index (κ3) is 12.4. The number of carbonyl (C=O) groups is 2. The largest absolute Gasteiger partial charge is 0.494 e. The van der Waals surface area contributed by atoms with Gasteiger partial charge in [-0.2, -0.15) is 0 Å². The molecule has 0 aliphatic heterocycles. The van der Waals surface area contributed by atoms with Crippen molar-refractivity contribution in [1.82, 2.24) is 0 Å². The summed E-state index contributed by atoms with van der Waals surface area (Å²) in [6.45, 7) is 5.06. The summed E-state index contributed by atoms with van der Waals surface area (Å²) < 4.78 is 16.6. The topological polar surface area (TPSA) is 61.8 Å². The Labute approximate surface area is 211 Å². The van der Waals surface area contributed by atoms with Crippen LogP contribution in [0.5, 0.6) is 17.2 Å². The van der Waals surface area contributed by atoms with E-state index < -0.39 is 5.97 Å². The lowest BCUT2D eigenvalue weighted by Crippen LogP contribution is -2.09. The number of benzene rings is 2. The van der Waals surface area contributed by atoms with E-state index in [-0.39, 0.29) is 5.97 Å². The zero-order chi connectivity index (χ0) is 25.1. The fourth-order valence-corrected chi connectivity index (χ4v) is 3.73. The SMILES string of the molecule is CCCCCCCCCCOc1ccc(C(=O)Oc2ccc(OC(=O)CCCCCC)cc2)cc1. The lowest BCUT2D eigenvalue weighted by molar-refractivity contribution is -0.134. The highest BCUT2D eigenvalue weighted by atomic mass is 16.5. The van der Waals surface area contributed by atoms with Gasteiger partial charge in [0.15, 0.2) is 0 Å². The molecule has 0 N–H and O–H groups in total. The average Bonchev–Trinajstić information content (AvgIpc) is 2.87. The predicted octanol–water partition coefficient (Wildman–Crippen LogP) is 8.30. The Morgan fingerprint density at radius 2 is 1.06 bits per heavy atom. The maximum absolute atomic E-state index is 12.4. The van der Waals surface area contributed by atoms with Crippen molar-refractivity contribution >= 4 is 11.9 Å². The number of unbranched alkanes of at least 4 members (excludes halogenated alkanes) is 10. The van der Waals surface area contributed by atoms with E-state index in [1.165, 1.54) is 44.9 Å². The van der Waals surface area contributed by atoms with Crippen LogP contribution >= 0.6 is 0 Å². The molecule has 35 heavy (non-hydrogen) atoms. The van der Waals surface area contributed by atoms with E-state index in [0.717, 1.165) is 37.9 Å². The molecular weight excluding hydrogens is 440 g/mol. The molecule has 5 nitrogen and oxygen atoms in total. The van der Waals surface area contributed by atoms with E-state index in [1.54, 1.807) is 48.5 Å². The molecule has 192 valence electrons. The van der Waals surface area contributed by atoms with Crippen LogP contribution in [0.25, 0.3) is 0 Å². The van der Waals surface area contributed by atoms with Gasteiger partial charge in [0.05, 0.1) is 12.2 Å². The number of hydrogen-bond acceptors (Lipinski definition) is 5. The first kappa shape index (κ1) is 28.4. The van der Waals surface area contributed by atoms with Crippen molar-refractivity contribution in [2.75, 3.05) is 6.61 Å². The molecule has 0 fully saturated rings. The molecule has 0 saturated carbocycles. The molecule has 0 amide bonds. The first-order chi connectivity index (χ1) is 17.1. The fraction of sp³-hybridized carbons (Fsp3) is 0.533. The molecule has 0 saturated heterocycles. The summed E-state index contributed by atoms with van der Waals surface area (Å²) >= 11 is 0. The van der Waals surface area contributed by atoms with Gasteiger partial charge in [-0.15, -0.1) is 0 Å². The lowest BCUT2D eigenvalue weighted by atomic mass is 10.1. The molecule has 0 radical (unpaired) electrons. The fourth-order valence-electron chi connectivity index (χ4n) is 3.73. The first-order valence-corrected chi connectivity index (χ1v) is 13.4. The number of ether oxygens (including phenoxy) is 3. The molecule has 0 spiro atoms. The van der Waals surface area contributed by atoms with Crippen LogP contribution in [-0.4, -0.2) is 18.5 Å².